The Morgan fingerprint density at radius 2 is 1.20 bits per heavy atom. The molecule has 2 atom stereocenters. The second kappa shape index (κ2) is 1.45. The minimum Gasteiger partial charge on any atom is -0.198 e. The van der Waals surface area contributed by atoms with Gasteiger partial charge in [0.05, 0.1) is 0 Å². The van der Waals surface area contributed by atoms with E-state index in [-0.39, 0.29) is 0 Å². The first-order valence-corrected chi connectivity index (χ1v) is 2.11. The van der Waals surface area contributed by atoms with E-state index in [4.69, 9.17) is 0 Å². The van der Waals surface area contributed by atoms with Crippen LogP contribution in [-0.2, 0) is 0 Å². The molecule has 0 spiro atoms. The predicted octanol–water partition coefficient (Wildman–Crippen LogP) is 1.29. The van der Waals surface area contributed by atoms with E-state index in [1.54, 1.807) is 0 Å². The van der Waals surface area contributed by atoms with Crippen LogP contribution in [0.5, 0.6) is 0 Å². The Labute approximate surface area is 33.7 Å². The highest BCUT2D eigenvalue weighted by atomic mass is 31.1. The van der Waals surface area contributed by atoms with Gasteiger partial charge in [0.15, 0.2) is 0 Å². The van der Waals surface area contributed by atoms with Crippen LogP contribution in [-0.4, -0.2) is 5.40 Å². The first-order chi connectivity index (χ1) is 2.00. The fourth-order valence-electron chi connectivity index (χ4n) is 0. The summed E-state index contributed by atoms with van der Waals surface area (Å²) >= 11 is 0. The third-order valence-corrected chi connectivity index (χ3v) is 0. The Morgan fingerprint density at radius 1 is 1.20 bits per heavy atom. The first kappa shape index (κ1) is 5.72. The lowest BCUT2D eigenvalue weighted by Gasteiger charge is -1.94. The van der Waals surface area contributed by atoms with Gasteiger partial charge in [0.1, 0.15) is 0 Å². The van der Waals surface area contributed by atoms with Crippen LogP contribution < -0.4 is 0 Å². The Balaban J connectivity index is 3.02. The Kier molecular flexibility index (Phi) is 1.65. The highest BCUT2D eigenvalue weighted by Crippen LogP contribution is 2.28. The Morgan fingerprint density at radius 3 is 1.20 bits per heavy atom. The number of hydrogen-bond acceptors (Lipinski definition) is 0. The Hall–Kier alpha value is 0.720. The predicted molar refractivity (Wildman–Crippen MR) is 24.4 cm³/mol. The van der Waals surface area contributed by atoms with E-state index in [0.29, 0.717) is 0 Å². The molecule has 0 bridgehead atoms. The summed E-state index contributed by atoms with van der Waals surface area (Å²) in [5.41, 5.74) is 0. The van der Waals surface area contributed by atoms with Gasteiger partial charge in [-0.25, -0.2) is 0 Å². The molecule has 0 nitrogen and oxygen atoms in total. The minimum absolute atomic E-state index is 1.34. The van der Waals surface area contributed by atoms with E-state index in [0.717, 1.165) is 0 Å². The SMILES string of the molecule is FC(F)(P)P. The van der Waals surface area contributed by atoms with Crippen molar-refractivity contribution in [1.82, 2.24) is 0 Å². The minimum atomic E-state index is -2.67. The van der Waals surface area contributed by atoms with Gasteiger partial charge in [0.2, 0.25) is 0 Å². The molecule has 0 rings (SSSR count). The van der Waals surface area contributed by atoms with Crippen molar-refractivity contribution >= 4 is 18.5 Å². The summed E-state index contributed by atoms with van der Waals surface area (Å²) in [5, 5.41) is -2.67. The third-order valence-electron chi connectivity index (χ3n) is 0. The molecular weight excluding hydrogens is 112 g/mol. The average molecular weight is 116 g/mol. The zero-order valence-electron chi connectivity index (χ0n) is 2.41. The first-order valence-electron chi connectivity index (χ1n) is 0.955. The van der Waals surface area contributed by atoms with Gasteiger partial charge in [0, 0.05) is 0 Å². The molecule has 4 heteroatoms. The van der Waals surface area contributed by atoms with Crippen molar-refractivity contribution in [2.24, 2.45) is 0 Å². The molecule has 0 saturated carbocycles. The smallest absolute Gasteiger partial charge is 0.198 e. The van der Waals surface area contributed by atoms with Crippen molar-refractivity contribution in [3.8, 4) is 0 Å². The van der Waals surface area contributed by atoms with Crippen LogP contribution in [0.1, 0.15) is 0 Å². The second-order valence-corrected chi connectivity index (χ2v) is 2.88. The van der Waals surface area contributed by atoms with Gasteiger partial charge in [-0.15, -0.1) is 0 Å². The van der Waals surface area contributed by atoms with Crippen LogP contribution in [0.15, 0.2) is 0 Å². The van der Waals surface area contributed by atoms with E-state index in [9.17, 15) is 8.78 Å². The topological polar surface area (TPSA) is 0 Å². The molecule has 0 saturated heterocycles. The summed E-state index contributed by atoms with van der Waals surface area (Å²) in [5.74, 6) is 0. The van der Waals surface area contributed by atoms with E-state index in [1.807, 2.05) is 0 Å². The molecule has 32 valence electrons. The molecule has 0 heterocycles. The van der Waals surface area contributed by atoms with Crippen molar-refractivity contribution in [3.05, 3.63) is 0 Å². The molecule has 0 aliphatic rings. The second-order valence-electron chi connectivity index (χ2n) is 0.675. The lowest BCUT2D eigenvalue weighted by molar-refractivity contribution is 0.210. The number of hydrogen-bond donors (Lipinski definition) is 0. The largest absolute Gasteiger partial charge is 0.269 e. The summed E-state index contributed by atoms with van der Waals surface area (Å²) in [6.45, 7) is 0. The highest BCUT2D eigenvalue weighted by Gasteiger charge is 2.08. The maximum absolute atomic E-state index is 10.9. The summed E-state index contributed by atoms with van der Waals surface area (Å²) in [4.78, 5) is 0. The van der Waals surface area contributed by atoms with E-state index in [1.165, 1.54) is 18.5 Å². The van der Waals surface area contributed by atoms with Crippen molar-refractivity contribution < 1.29 is 8.78 Å². The van der Waals surface area contributed by atoms with E-state index >= 15 is 0 Å². The maximum atomic E-state index is 10.9. The monoisotopic (exact) mass is 116 g/mol. The van der Waals surface area contributed by atoms with Gasteiger partial charge in [-0.05, 0) is 0 Å². The highest BCUT2D eigenvalue weighted by molar-refractivity contribution is 7.38. The molecule has 0 fully saturated rings. The number of rotatable bonds is 0. The van der Waals surface area contributed by atoms with Crippen LogP contribution in [0, 0.1) is 0 Å². The van der Waals surface area contributed by atoms with Crippen molar-refractivity contribution in [2.45, 2.75) is 5.40 Å². The molecular formula is CH4F2P2. The fraction of sp³-hybridized carbons (Fsp3) is 1.00. The average Bonchev–Trinajstić information content (AvgIpc) is 0.722. The van der Waals surface area contributed by atoms with Gasteiger partial charge in [-0.2, -0.15) is 8.78 Å². The summed E-state index contributed by atoms with van der Waals surface area (Å²) in [7, 11) is 2.69. The van der Waals surface area contributed by atoms with E-state index in [2.05, 4.69) is 0 Å². The molecule has 0 N–H and O–H groups in total. The molecule has 0 aliphatic carbocycles. The van der Waals surface area contributed by atoms with Crippen LogP contribution in [0.25, 0.3) is 0 Å². The molecule has 0 aromatic carbocycles. The fourth-order valence-corrected chi connectivity index (χ4v) is 0. The van der Waals surface area contributed by atoms with Crippen LogP contribution in [0.2, 0.25) is 0 Å². The van der Waals surface area contributed by atoms with Crippen LogP contribution in [0.4, 0.5) is 8.78 Å². The molecule has 2 unspecified atom stereocenters. The van der Waals surface area contributed by atoms with Gasteiger partial charge in [-0.1, -0.05) is 18.5 Å². The molecule has 5 heavy (non-hydrogen) atoms. The standard InChI is InChI=1S/CH4F2P2/c2-1(3,4)5/h4-5H2. The molecule has 0 aromatic heterocycles. The molecule has 0 aromatic rings. The summed E-state index contributed by atoms with van der Waals surface area (Å²) in [6, 6.07) is 0. The summed E-state index contributed by atoms with van der Waals surface area (Å²) < 4.78 is 21.9. The van der Waals surface area contributed by atoms with Crippen molar-refractivity contribution in [3.63, 3.8) is 0 Å². The number of halogens is 2. The van der Waals surface area contributed by atoms with Crippen molar-refractivity contribution in [2.75, 3.05) is 0 Å². The van der Waals surface area contributed by atoms with Gasteiger partial charge in [-0.3, -0.25) is 0 Å². The zero-order chi connectivity index (χ0) is 4.50. The van der Waals surface area contributed by atoms with Crippen LogP contribution in [0.3, 0.4) is 0 Å². The van der Waals surface area contributed by atoms with Gasteiger partial charge >= 0.3 is 0 Å². The van der Waals surface area contributed by atoms with Crippen LogP contribution >= 0.6 is 18.5 Å². The van der Waals surface area contributed by atoms with Crippen molar-refractivity contribution in [1.29, 1.82) is 0 Å². The van der Waals surface area contributed by atoms with E-state index < -0.39 is 5.40 Å². The normalized spacial score (nSPS) is 12.0. The third kappa shape index (κ3) is 67.4. The van der Waals surface area contributed by atoms with Gasteiger partial charge in [0.25, 0.3) is 5.40 Å². The zero-order valence-corrected chi connectivity index (χ0v) is 4.72. The maximum Gasteiger partial charge on any atom is 0.269 e. The lowest BCUT2D eigenvalue weighted by Crippen LogP contribution is -1.83. The molecule has 0 amide bonds. The Bertz CT molecular complexity index is 23.1. The van der Waals surface area contributed by atoms with Gasteiger partial charge < -0.3 is 0 Å². The number of alkyl halides is 2. The lowest BCUT2D eigenvalue weighted by atomic mass is 11.6. The molecule has 0 radical (unpaired) electrons. The quantitative estimate of drug-likeness (QED) is 0.418. The summed E-state index contributed by atoms with van der Waals surface area (Å²) in [6.07, 6.45) is 0. The molecule has 0 aliphatic heterocycles.